The third-order valence-corrected chi connectivity index (χ3v) is 4.28. The molecule has 1 aromatic carbocycles. The second kappa shape index (κ2) is 7.16. The first kappa shape index (κ1) is 16.5. The predicted molar refractivity (Wildman–Crippen MR) is 95.6 cm³/mol. The van der Waals surface area contributed by atoms with E-state index in [0.717, 1.165) is 0 Å². The molecule has 2 aliphatic rings. The number of aryl methyl sites for hydroxylation is 2. The highest BCUT2D eigenvalue weighted by Crippen LogP contribution is 2.24. The van der Waals surface area contributed by atoms with Crippen molar-refractivity contribution in [1.82, 2.24) is 19.5 Å². The molecule has 10 nitrogen and oxygen atoms in total. The summed E-state index contributed by atoms with van der Waals surface area (Å²) in [5.41, 5.74) is -0.265. The lowest BCUT2D eigenvalue weighted by Crippen LogP contribution is -2.42. The molecule has 0 spiro atoms. The number of aliphatic hydroxyl groups excluding tert-OH is 4. The number of aromatic amines is 1. The van der Waals surface area contributed by atoms with Crippen molar-refractivity contribution in [2.24, 2.45) is 0 Å². The van der Waals surface area contributed by atoms with E-state index in [1.54, 1.807) is 6.07 Å². The van der Waals surface area contributed by atoms with Gasteiger partial charge in [0.2, 0.25) is 0 Å². The number of rotatable bonds is 5. The Labute approximate surface area is 155 Å². The van der Waals surface area contributed by atoms with Gasteiger partial charge in [0.05, 0.1) is 24.2 Å². The minimum atomic E-state index is -1.71. The number of nitrogens with zero attached hydrogens (tertiary/aromatic N) is 3. The van der Waals surface area contributed by atoms with E-state index < -0.39 is 36.2 Å². The standard InChI is InChI=1S/C17H20N4O6/c1-7-3-9-10(4-8(7)2)21(5-11(23)14(25)12(24)6-22)15-13(18-9)16(26)20-17(27)19-15/h3-4,11-12,14,22-25H,5-6H2,1-2H3,(H,20,26,27)/t11-,12+,14-/m0/s1/i1D,2D. The van der Waals surface area contributed by atoms with Crippen molar-refractivity contribution in [3.05, 3.63) is 44.1 Å². The van der Waals surface area contributed by atoms with Gasteiger partial charge in [-0.15, -0.1) is 0 Å². The molecule has 0 bridgehead atoms. The zero-order valence-corrected chi connectivity index (χ0v) is 14.2. The largest absolute Gasteiger partial charge is 0.394 e. The summed E-state index contributed by atoms with van der Waals surface area (Å²) in [6, 6.07) is 3.09. The molecule has 144 valence electrons. The minimum Gasteiger partial charge on any atom is -0.394 e. The molecule has 10 heteroatoms. The summed E-state index contributed by atoms with van der Waals surface area (Å²) >= 11 is 0. The number of aliphatic hydroxyl groups is 4. The summed E-state index contributed by atoms with van der Waals surface area (Å²) in [5.74, 6) is -0.148. The van der Waals surface area contributed by atoms with E-state index in [2.05, 4.69) is 9.97 Å². The van der Waals surface area contributed by atoms with E-state index in [-0.39, 0.29) is 37.4 Å². The molecule has 0 unspecified atom stereocenters. The van der Waals surface area contributed by atoms with Gasteiger partial charge in [0.25, 0.3) is 5.56 Å². The number of nitrogens with one attached hydrogen (secondary N) is 1. The Morgan fingerprint density at radius 3 is 2.52 bits per heavy atom. The lowest BCUT2D eigenvalue weighted by molar-refractivity contribution is -0.0802. The molecule has 3 rings (SSSR count). The van der Waals surface area contributed by atoms with Crippen molar-refractivity contribution in [3.8, 4) is 11.5 Å². The summed E-state index contributed by atoms with van der Waals surface area (Å²) in [4.78, 5) is 34.0. The normalized spacial score (nSPS) is 16.1. The van der Waals surface area contributed by atoms with Gasteiger partial charge < -0.3 is 25.0 Å². The first-order valence-electron chi connectivity index (χ1n) is 9.42. The Morgan fingerprint density at radius 1 is 1.15 bits per heavy atom. The average molecular weight is 378 g/mol. The van der Waals surface area contributed by atoms with Gasteiger partial charge in [-0.25, -0.2) is 9.78 Å². The number of H-pyrrole nitrogens is 1. The van der Waals surface area contributed by atoms with E-state index in [4.69, 9.17) is 7.85 Å². The van der Waals surface area contributed by atoms with E-state index in [1.165, 1.54) is 10.6 Å². The Kier molecular flexibility index (Phi) is 4.38. The molecule has 27 heavy (non-hydrogen) atoms. The molecule has 2 aliphatic heterocycles. The third-order valence-electron chi connectivity index (χ3n) is 4.28. The molecule has 2 heterocycles. The Balaban J connectivity index is 2.30. The first-order chi connectivity index (χ1) is 13.8. The molecular formula is C17H20N4O6. The van der Waals surface area contributed by atoms with Gasteiger partial charge in [0.1, 0.15) is 18.3 Å². The van der Waals surface area contributed by atoms with Crippen molar-refractivity contribution in [3.63, 3.8) is 0 Å². The van der Waals surface area contributed by atoms with Gasteiger partial charge in [-0.1, -0.05) is 0 Å². The lowest BCUT2D eigenvalue weighted by atomic mass is 10.1. The monoisotopic (exact) mass is 378 g/mol. The SMILES string of the molecule is [2H]Cc1cc2nc3c(=O)[nH]c(=O)nc-3n(C[C@H](O)[C@H](O)[C@H](O)CO)c2cc1C[2H]. The summed E-state index contributed by atoms with van der Waals surface area (Å²) in [7, 11) is 0. The van der Waals surface area contributed by atoms with Crippen LogP contribution in [0.25, 0.3) is 22.6 Å². The number of hydrogen-bond donors (Lipinski definition) is 5. The Bertz CT molecular complexity index is 1120. The fourth-order valence-corrected chi connectivity index (χ4v) is 2.77. The summed E-state index contributed by atoms with van der Waals surface area (Å²) in [6.07, 6.45) is -4.89. The summed E-state index contributed by atoms with van der Waals surface area (Å²) < 4.78 is 16.6. The maximum absolute atomic E-state index is 12.2. The van der Waals surface area contributed by atoms with E-state index >= 15 is 0 Å². The van der Waals surface area contributed by atoms with Crippen molar-refractivity contribution in [2.45, 2.75) is 38.7 Å². The molecule has 5 N–H and O–H groups in total. The number of benzene rings is 1. The van der Waals surface area contributed by atoms with Crippen molar-refractivity contribution >= 4 is 11.0 Å². The Morgan fingerprint density at radius 2 is 1.85 bits per heavy atom. The maximum atomic E-state index is 12.2. The molecule has 0 amide bonds. The highest BCUT2D eigenvalue weighted by atomic mass is 16.4. The second-order valence-corrected chi connectivity index (χ2v) is 6.18. The number of hydrogen-bond acceptors (Lipinski definition) is 8. The van der Waals surface area contributed by atoms with Crippen LogP contribution < -0.4 is 11.2 Å². The molecule has 0 aromatic heterocycles. The van der Waals surface area contributed by atoms with Crippen LogP contribution in [-0.4, -0.2) is 64.9 Å². The predicted octanol–water partition coefficient (Wildman–Crippen LogP) is -1.72. The van der Waals surface area contributed by atoms with Crippen LogP contribution in [0.3, 0.4) is 0 Å². The van der Waals surface area contributed by atoms with E-state index in [1.807, 2.05) is 4.98 Å². The zero-order valence-electron chi connectivity index (χ0n) is 16.2. The minimum absolute atomic E-state index is 0.109. The van der Waals surface area contributed by atoms with Crippen molar-refractivity contribution in [1.29, 1.82) is 0 Å². The fourth-order valence-electron chi connectivity index (χ4n) is 2.77. The van der Waals surface area contributed by atoms with E-state index in [0.29, 0.717) is 16.6 Å². The summed E-state index contributed by atoms with van der Waals surface area (Å²) in [6.45, 7) is -1.41. The van der Waals surface area contributed by atoms with Gasteiger partial charge >= 0.3 is 5.69 Å². The third kappa shape index (κ3) is 3.47. The van der Waals surface area contributed by atoms with Crippen LogP contribution in [0.15, 0.2) is 21.7 Å². The van der Waals surface area contributed by atoms with Crippen LogP contribution in [0, 0.1) is 13.8 Å². The van der Waals surface area contributed by atoms with Crippen LogP contribution in [0.5, 0.6) is 0 Å². The molecule has 0 radical (unpaired) electrons. The molecule has 1 aromatic rings. The average Bonchev–Trinajstić information content (AvgIpc) is 2.71. The molecular weight excluding hydrogens is 356 g/mol. The van der Waals surface area contributed by atoms with Crippen LogP contribution in [0.1, 0.15) is 13.9 Å². The molecule has 0 aliphatic carbocycles. The van der Waals surface area contributed by atoms with Crippen molar-refractivity contribution in [2.75, 3.05) is 6.61 Å². The number of fused-ring (bicyclic) bond motifs is 2. The van der Waals surface area contributed by atoms with Crippen LogP contribution in [-0.2, 0) is 6.54 Å². The smallest absolute Gasteiger partial charge is 0.349 e. The zero-order chi connectivity index (χ0) is 21.3. The Hall–Kier alpha value is -2.66. The highest BCUT2D eigenvalue weighted by molar-refractivity contribution is 5.81. The van der Waals surface area contributed by atoms with Crippen molar-refractivity contribution < 1.29 is 23.2 Å². The summed E-state index contributed by atoms with van der Waals surface area (Å²) in [5, 5.41) is 38.9. The van der Waals surface area contributed by atoms with Gasteiger partial charge in [-0.3, -0.25) is 9.78 Å². The van der Waals surface area contributed by atoms with Crippen LogP contribution in [0.4, 0.5) is 0 Å². The highest BCUT2D eigenvalue weighted by Gasteiger charge is 2.27. The topological polar surface area (TPSA) is 162 Å². The molecule has 0 fully saturated rings. The van der Waals surface area contributed by atoms with Gasteiger partial charge in [-0.2, -0.15) is 4.98 Å². The second-order valence-electron chi connectivity index (χ2n) is 6.18. The maximum Gasteiger partial charge on any atom is 0.349 e. The van der Waals surface area contributed by atoms with Gasteiger partial charge in [-0.05, 0) is 37.1 Å². The first-order valence-corrected chi connectivity index (χ1v) is 8.00. The fraction of sp³-hybridized carbons (Fsp3) is 0.412. The molecule has 3 atom stereocenters. The van der Waals surface area contributed by atoms with Crippen LogP contribution in [0.2, 0.25) is 0 Å². The molecule has 0 saturated carbocycles. The van der Waals surface area contributed by atoms with Gasteiger partial charge in [0.15, 0.2) is 11.5 Å². The molecule has 0 saturated heterocycles. The lowest BCUT2D eigenvalue weighted by Gasteiger charge is -2.25. The van der Waals surface area contributed by atoms with Gasteiger partial charge in [0, 0.05) is 2.74 Å². The van der Waals surface area contributed by atoms with E-state index in [9.17, 15) is 24.9 Å². The van der Waals surface area contributed by atoms with Crippen LogP contribution >= 0.6 is 0 Å². The number of aromatic nitrogens is 4. The quantitative estimate of drug-likeness (QED) is 0.327.